The molecule has 1 aliphatic rings. The Labute approximate surface area is 93.5 Å². The van der Waals surface area contributed by atoms with Gasteiger partial charge in [-0.2, -0.15) is 0 Å². The Hall–Kier alpha value is -1.97. The maximum absolute atomic E-state index is 11.0. The lowest BCUT2D eigenvalue weighted by atomic mass is 10.0. The summed E-state index contributed by atoms with van der Waals surface area (Å²) in [6, 6.07) is 3.45. The van der Waals surface area contributed by atoms with E-state index in [9.17, 15) is 9.90 Å². The summed E-state index contributed by atoms with van der Waals surface area (Å²) in [5, 5.41) is 12.1. The largest absolute Gasteiger partial charge is 0.508 e. The Kier molecular flexibility index (Phi) is 2.56. The van der Waals surface area contributed by atoms with Gasteiger partial charge in [-0.05, 0) is 12.1 Å². The Bertz CT molecular complexity index is 466. The molecule has 0 fully saturated rings. The molecule has 84 valence electrons. The molecular formula is C12H13NO3. The molecule has 1 amide bonds. The summed E-state index contributed by atoms with van der Waals surface area (Å²) >= 11 is 0. The van der Waals surface area contributed by atoms with Crippen LogP contribution in [0.5, 0.6) is 5.75 Å². The van der Waals surface area contributed by atoms with E-state index < -0.39 is 0 Å². The first-order valence-electron chi connectivity index (χ1n) is 5.04. The Morgan fingerprint density at radius 3 is 2.94 bits per heavy atom. The van der Waals surface area contributed by atoms with Crippen LogP contribution in [-0.4, -0.2) is 17.6 Å². The number of aliphatic hydroxyl groups excluding tert-OH is 1. The second-order valence-corrected chi connectivity index (χ2v) is 3.69. The molecular weight excluding hydrogens is 206 g/mol. The maximum atomic E-state index is 11.0. The van der Waals surface area contributed by atoms with Gasteiger partial charge in [0, 0.05) is 24.6 Å². The fourth-order valence-electron chi connectivity index (χ4n) is 1.83. The second-order valence-electron chi connectivity index (χ2n) is 3.69. The summed E-state index contributed by atoms with van der Waals surface area (Å²) in [6.45, 7) is 5.50. The van der Waals surface area contributed by atoms with Crippen LogP contribution in [0.2, 0.25) is 0 Å². The summed E-state index contributed by atoms with van der Waals surface area (Å²) in [7, 11) is 0. The molecule has 0 bridgehead atoms. The number of amides is 1. The summed E-state index contributed by atoms with van der Waals surface area (Å²) in [4.78, 5) is 11.0. The molecule has 0 unspecified atom stereocenters. The molecule has 0 radical (unpaired) electrons. The molecule has 0 saturated carbocycles. The molecule has 2 rings (SSSR count). The van der Waals surface area contributed by atoms with Crippen molar-refractivity contribution in [1.29, 1.82) is 0 Å². The zero-order valence-electron chi connectivity index (χ0n) is 9.04. The van der Waals surface area contributed by atoms with Crippen LogP contribution in [0, 0.1) is 0 Å². The van der Waals surface area contributed by atoms with E-state index in [-0.39, 0.29) is 11.7 Å². The normalized spacial score (nSPS) is 12.8. The third-order valence-electron chi connectivity index (χ3n) is 2.48. The molecule has 16 heavy (non-hydrogen) atoms. The zero-order chi connectivity index (χ0) is 11.7. The van der Waals surface area contributed by atoms with Crippen LogP contribution < -0.4 is 10.1 Å². The number of rotatable bonds is 2. The van der Waals surface area contributed by atoms with Gasteiger partial charge in [0.2, 0.25) is 5.91 Å². The molecule has 0 saturated heterocycles. The van der Waals surface area contributed by atoms with Crippen LogP contribution in [0.15, 0.2) is 18.7 Å². The minimum absolute atomic E-state index is 0.0208. The van der Waals surface area contributed by atoms with Crippen molar-refractivity contribution in [3.63, 3.8) is 0 Å². The molecule has 1 heterocycles. The number of hydrogen-bond donors (Lipinski definition) is 2. The van der Waals surface area contributed by atoms with Crippen LogP contribution in [0.3, 0.4) is 0 Å². The number of ether oxygens (including phenoxy) is 1. The van der Waals surface area contributed by atoms with Crippen molar-refractivity contribution < 1.29 is 14.6 Å². The van der Waals surface area contributed by atoms with Crippen molar-refractivity contribution in [2.75, 3.05) is 11.9 Å². The maximum Gasteiger partial charge on any atom is 0.221 e. The van der Waals surface area contributed by atoms with E-state index in [4.69, 9.17) is 4.74 Å². The quantitative estimate of drug-likeness (QED) is 0.749. The van der Waals surface area contributed by atoms with Crippen LogP contribution in [0.25, 0.3) is 5.76 Å². The van der Waals surface area contributed by atoms with Crippen molar-refractivity contribution in [1.82, 2.24) is 0 Å². The third kappa shape index (κ3) is 1.74. The number of carbonyl (C=O) groups is 1. The fourth-order valence-corrected chi connectivity index (χ4v) is 1.83. The van der Waals surface area contributed by atoms with Crippen molar-refractivity contribution in [2.45, 2.75) is 13.3 Å². The molecule has 2 N–H and O–H groups in total. The smallest absolute Gasteiger partial charge is 0.221 e. The third-order valence-corrected chi connectivity index (χ3v) is 2.48. The van der Waals surface area contributed by atoms with E-state index in [1.54, 1.807) is 12.1 Å². The van der Waals surface area contributed by atoms with E-state index in [1.165, 1.54) is 6.92 Å². The lowest BCUT2D eigenvalue weighted by molar-refractivity contribution is -0.114. The molecule has 4 heteroatoms. The van der Waals surface area contributed by atoms with E-state index in [1.807, 2.05) is 0 Å². The highest BCUT2D eigenvalue weighted by Gasteiger charge is 2.21. The fraction of sp³-hybridized carbons (Fsp3) is 0.250. The lowest BCUT2D eigenvalue weighted by Gasteiger charge is -2.11. The molecule has 1 aromatic rings. The van der Waals surface area contributed by atoms with Crippen LogP contribution in [-0.2, 0) is 11.2 Å². The first kappa shape index (κ1) is 10.5. The molecule has 1 aromatic carbocycles. The standard InChI is InChI=1S/C12H13NO3/c1-7(14)9-3-4-11(13-8(2)15)10-5-6-16-12(9)10/h3-4,14H,1,5-6H2,2H3,(H,13,15). The van der Waals surface area contributed by atoms with Crippen molar-refractivity contribution in [3.8, 4) is 5.75 Å². The topological polar surface area (TPSA) is 58.6 Å². The molecule has 1 aliphatic heterocycles. The molecule has 0 spiro atoms. The van der Waals surface area contributed by atoms with E-state index >= 15 is 0 Å². The minimum atomic E-state index is -0.121. The minimum Gasteiger partial charge on any atom is -0.508 e. The van der Waals surface area contributed by atoms with Crippen LogP contribution >= 0.6 is 0 Å². The zero-order valence-corrected chi connectivity index (χ0v) is 9.04. The average Bonchev–Trinajstić information content (AvgIpc) is 2.65. The van der Waals surface area contributed by atoms with Gasteiger partial charge in [-0.25, -0.2) is 0 Å². The predicted molar refractivity (Wildman–Crippen MR) is 61.6 cm³/mol. The number of nitrogens with one attached hydrogen (secondary N) is 1. The Morgan fingerprint density at radius 1 is 1.56 bits per heavy atom. The Balaban J connectivity index is 2.48. The SMILES string of the molecule is C=C(O)c1ccc(NC(C)=O)c2c1OCC2. The first-order chi connectivity index (χ1) is 7.59. The summed E-state index contributed by atoms with van der Waals surface area (Å²) < 4.78 is 5.44. The average molecular weight is 219 g/mol. The van der Waals surface area contributed by atoms with Gasteiger partial charge < -0.3 is 15.2 Å². The first-order valence-corrected chi connectivity index (χ1v) is 5.04. The van der Waals surface area contributed by atoms with Gasteiger partial charge in [-0.1, -0.05) is 6.58 Å². The van der Waals surface area contributed by atoms with Gasteiger partial charge in [0.25, 0.3) is 0 Å². The number of benzene rings is 1. The number of hydrogen-bond acceptors (Lipinski definition) is 3. The van der Waals surface area contributed by atoms with Crippen LogP contribution in [0.1, 0.15) is 18.1 Å². The van der Waals surface area contributed by atoms with Crippen LogP contribution in [0.4, 0.5) is 5.69 Å². The summed E-state index contributed by atoms with van der Waals surface area (Å²) in [6.07, 6.45) is 0.728. The Morgan fingerprint density at radius 2 is 2.31 bits per heavy atom. The summed E-state index contributed by atoms with van der Waals surface area (Å²) in [5.41, 5.74) is 2.24. The van der Waals surface area contributed by atoms with Crippen molar-refractivity contribution in [3.05, 3.63) is 29.8 Å². The van der Waals surface area contributed by atoms with Crippen molar-refractivity contribution >= 4 is 17.4 Å². The molecule has 0 aliphatic carbocycles. The van der Waals surface area contributed by atoms with Gasteiger partial charge in [0.15, 0.2) is 0 Å². The van der Waals surface area contributed by atoms with Gasteiger partial charge >= 0.3 is 0 Å². The van der Waals surface area contributed by atoms with Gasteiger partial charge in [-0.15, -0.1) is 0 Å². The highest BCUT2D eigenvalue weighted by molar-refractivity contribution is 5.91. The van der Waals surface area contributed by atoms with E-state index in [0.717, 1.165) is 17.7 Å². The van der Waals surface area contributed by atoms with E-state index in [0.29, 0.717) is 17.9 Å². The number of carbonyl (C=O) groups excluding carboxylic acids is 1. The molecule has 4 nitrogen and oxygen atoms in total. The summed E-state index contributed by atoms with van der Waals surface area (Å²) in [5.74, 6) is 0.482. The predicted octanol–water partition coefficient (Wildman–Crippen LogP) is 2.11. The van der Waals surface area contributed by atoms with Crippen molar-refractivity contribution in [2.24, 2.45) is 0 Å². The van der Waals surface area contributed by atoms with Gasteiger partial charge in [-0.3, -0.25) is 4.79 Å². The second kappa shape index (κ2) is 3.89. The monoisotopic (exact) mass is 219 g/mol. The highest BCUT2D eigenvalue weighted by Crippen LogP contribution is 2.37. The lowest BCUT2D eigenvalue weighted by Crippen LogP contribution is -2.07. The van der Waals surface area contributed by atoms with Gasteiger partial charge in [0.1, 0.15) is 11.5 Å². The number of anilines is 1. The molecule has 0 aromatic heterocycles. The van der Waals surface area contributed by atoms with E-state index in [2.05, 4.69) is 11.9 Å². The molecule has 0 atom stereocenters. The number of fused-ring (bicyclic) bond motifs is 1. The highest BCUT2D eigenvalue weighted by atomic mass is 16.5. The number of aliphatic hydroxyl groups is 1. The van der Waals surface area contributed by atoms with Gasteiger partial charge in [0.05, 0.1) is 12.2 Å².